The third-order valence-corrected chi connectivity index (χ3v) is 6.01. The number of thiocarbonyl (C=S) groups is 1. The molecule has 2 aliphatic carbocycles. The van der Waals surface area contributed by atoms with Gasteiger partial charge in [0.1, 0.15) is 0 Å². The topological polar surface area (TPSA) is 48.7 Å². The van der Waals surface area contributed by atoms with Crippen molar-refractivity contribution in [3.8, 4) is 0 Å². The van der Waals surface area contributed by atoms with Gasteiger partial charge in [0.15, 0.2) is 10.9 Å². The Morgan fingerprint density at radius 3 is 2.57 bits per heavy atom. The van der Waals surface area contributed by atoms with Crippen LogP contribution < -0.4 is 5.32 Å². The van der Waals surface area contributed by atoms with Crippen LogP contribution in [0.3, 0.4) is 0 Å². The maximum Gasteiger partial charge on any atom is 0.289 e. The number of fused-ring (bicyclic) bond motifs is 2. The van der Waals surface area contributed by atoms with E-state index in [-0.39, 0.29) is 5.91 Å². The molecular formula is C17H23N3O2S. The minimum Gasteiger partial charge on any atom is -0.459 e. The van der Waals surface area contributed by atoms with Crippen LogP contribution in [0.4, 0.5) is 0 Å². The molecule has 1 aromatic heterocycles. The van der Waals surface area contributed by atoms with E-state index in [1.807, 2.05) is 4.90 Å². The number of hydrogen-bond donors (Lipinski definition) is 1. The van der Waals surface area contributed by atoms with E-state index in [0.29, 0.717) is 24.9 Å². The van der Waals surface area contributed by atoms with Crippen molar-refractivity contribution >= 4 is 23.2 Å². The van der Waals surface area contributed by atoms with Gasteiger partial charge in [0.2, 0.25) is 0 Å². The van der Waals surface area contributed by atoms with E-state index in [1.54, 1.807) is 12.1 Å². The predicted molar refractivity (Wildman–Crippen MR) is 91.2 cm³/mol. The van der Waals surface area contributed by atoms with E-state index in [2.05, 4.69) is 10.2 Å². The van der Waals surface area contributed by atoms with Gasteiger partial charge in [0, 0.05) is 32.2 Å². The first kappa shape index (κ1) is 15.0. The molecule has 1 N–H and O–H groups in total. The van der Waals surface area contributed by atoms with E-state index in [0.717, 1.165) is 30.0 Å². The molecule has 5 nitrogen and oxygen atoms in total. The van der Waals surface area contributed by atoms with Gasteiger partial charge >= 0.3 is 0 Å². The first-order valence-corrected chi connectivity index (χ1v) is 9.00. The number of carbonyl (C=O) groups is 1. The second-order valence-corrected chi connectivity index (χ2v) is 7.37. The summed E-state index contributed by atoms with van der Waals surface area (Å²) in [5.41, 5.74) is 0. The molecular weight excluding hydrogens is 310 g/mol. The number of furan rings is 1. The summed E-state index contributed by atoms with van der Waals surface area (Å²) in [5.74, 6) is 2.13. The van der Waals surface area contributed by atoms with Crippen molar-refractivity contribution in [2.45, 2.75) is 31.7 Å². The zero-order valence-corrected chi connectivity index (χ0v) is 14.1. The largest absolute Gasteiger partial charge is 0.459 e. The van der Waals surface area contributed by atoms with Crippen molar-refractivity contribution < 1.29 is 9.21 Å². The number of nitrogens with zero attached hydrogens (tertiary/aromatic N) is 2. The summed E-state index contributed by atoms with van der Waals surface area (Å²) in [5, 5.41) is 4.46. The van der Waals surface area contributed by atoms with Crippen molar-refractivity contribution in [1.82, 2.24) is 15.1 Å². The Bertz CT molecular complexity index is 581. The average Bonchev–Trinajstić information content (AvgIpc) is 3.32. The van der Waals surface area contributed by atoms with Gasteiger partial charge in [0.25, 0.3) is 5.91 Å². The molecule has 2 heterocycles. The van der Waals surface area contributed by atoms with E-state index >= 15 is 0 Å². The quantitative estimate of drug-likeness (QED) is 0.840. The maximum absolute atomic E-state index is 12.3. The van der Waals surface area contributed by atoms with Crippen LogP contribution in [0.2, 0.25) is 0 Å². The summed E-state index contributed by atoms with van der Waals surface area (Å²) in [7, 11) is 0. The monoisotopic (exact) mass is 333 g/mol. The van der Waals surface area contributed by atoms with Gasteiger partial charge in [-0.25, -0.2) is 0 Å². The molecule has 1 amide bonds. The molecule has 3 fully saturated rings. The average molecular weight is 333 g/mol. The summed E-state index contributed by atoms with van der Waals surface area (Å²) in [6.07, 6.45) is 6.96. The highest BCUT2D eigenvalue weighted by atomic mass is 32.1. The highest BCUT2D eigenvalue weighted by Gasteiger charge is 2.40. The van der Waals surface area contributed by atoms with Crippen molar-refractivity contribution in [2.24, 2.45) is 11.8 Å². The normalized spacial score (nSPS) is 29.8. The lowest BCUT2D eigenvalue weighted by molar-refractivity contribution is 0.0658. The molecule has 0 unspecified atom stereocenters. The lowest BCUT2D eigenvalue weighted by Gasteiger charge is -2.37. The standard InChI is InChI=1S/C17H23N3O2S/c21-16(15-2-1-9-22-15)19-5-7-20(8-6-19)17(23)18-14-11-12-3-4-13(14)10-12/h1-2,9,12-14H,3-8,10-11H2,(H,18,23)/t12-,13-,14+/m1/s1. The molecule has 0 aromatic carbocycles. The maximum atomic E-state index is 12.3. The highest BCUT2D eigenvalue weighted by molar-refractivity contribution is 7.80. The Morgan fingerprint density at radius 2 is 1.96 bits per heavy atom. The van der Waals surface area contributed by atoms with Crippen LogP contribution in [-0.4, -0.2) is 53.0 Å². The molecule has 1 aromatic rings. The van der Waals surface area contributed by atoms with Crippen LogP contribution in [0.15, 0.2) is 22.8 Å². The SMILES string of the molecule is O=C(c1ccco1)N1CCN(C(=S)N[C@H]2C[C@@H]3CC[C@@H]2C3)CC1. The van der Waals surface area contributed by atoms with Gasteiger partial charge in [-0.15, -0.1) is 0 Å². The fraction of sp³-hybridized carbons (Fsp3) is 0.647. The molecule has 0 spiro atoms. The molecule has 3 atom stereocenters. The van der Waals surface area contributed by atoms with Gasteiger partial charge in [-0.2, -0.15) is 0 Å². The Labute approximate surface area is 142 Å². The van der Waals surface area contributed by atoms with Gasteiger partial charge in [-0.3, -0.25) is 4.79 Å². The molecule has 3 aliphatic rings. The number of amides is 1. The second kappa shape index (κ2) is 6.15. The van der Waals surface area contributed by atoms with Crippen LogP contribution in [0.5, 0.6) is 0 Å². The zero-order valence-electron chi connectivity index (χ0n) is 13.2. The zero-order chi connectivity index (χ0) is 15.8. The van der Waals surface area contributed by atoms with Crippen LogP contribution in [0.1, 0.15) is 36.2 Å². The fourth-order valence-electron chi connectivity index (χ4n) is 4.34. The first-order valence-electron chi connectivity index (χ1n) is 8.59. The first-order chi connectivity index (χ1) is 11.2. The summed E-state index contributed by atoms with van der Waals surface area (Å²) in [6.45, 7) is 2.97. The lowest BCUT2D eigenvalue weighted by atomic mass is 9.95. The van der Waals surface area contributed by atoms with E-state index in [9.17, 15) is 4.79 Å². The Kier molecular flexibility index (Phi) is 4.01. The molecule has 1 saturated heterocycles. The molecule has 4 rings (SSSR count). The Morgan fingerprint density at radius 1 is 1.17 bits per heavy atom. The van der Waals surface area contributed by atoms with Crippen molar-refractivity contribution in [2.75, 3.05) is 26.2 Å². The van der Waals surface area contributed by atoms with Crippen LogP contribution in [0.25, 0.3) is 0 Å². The third kappa shape index (κ3) is 2.96. The van der Waals surface area contributed by atoms with Crippen molar-refractivity contribution in [1.29, 1.82) is 0 Å². The van der Waals surface area contributed by atoms with Crippen LogP contribution in [-0.2, 0) is 0 Å². The van der Waals surface area contributed by atoms with Gasteiger partial charge in [-0.05, 0) is 55.4 Å². The molecule has 23 heavy (non-hydrogen) atoms. The number of hydrogen-bond acceptors (Lipinski definition) is 3. The summed E-state index contributed by atoms with van der Waals surface area (Å²) < 4.78 is 5.20. The smallest absolute Gasteiger partial charge is 0.289 e. The van der Waals surface area contributed by atoms with Gasteiger partial charge in [-0.1, -0.05) is 6.42 Å². The predicted octanol–water partition coefficient (Wildman–Crippen LogP) is 2.10. The molecule has 124 valence electrons. The van der Waals surface area contributed by atoms with Gasteiger partial charge < -0.3 is 19.5 Å². The molecule has 6 heteroatoms. The van der Waals surface area contributed by atoms with Crippen molar-refractivity contribution in [3.63, 3.8) is 0 Å². The van der Waals surface area contributed by atoms with Crippen LogP contribution >= 0.6 is 12.2 Å². The fourth-order valence-corrected chi connectivity index (χ4v) is 4.67. The Balaban J connectivity index is 1.28. The van der Waals surface area contributed by atoms with E-state index < -0.39 is 0 Å². The third-order valence-electron chi connectivity index (χ3n) is 5.63. The summed E-state index contributed by atoms with van der Waals surface area (Å²) >= 11 is 5.60. The lowest BCUT2D eigenvalue weighted by Crippen LogP contribution is -2.55. The van der Waals surface area contributed by atoms with Crippen LogP contribution in [0, 0.1) is 11.8 Å². The number of nitrogens with one attached hydrogen (secondary N) is 1. The molecule has 0 radical (unpaired) electrons. The molecule has 2 bridgehead atoms. The second-order valence-electron chi connectivity index (χ2n) is 6.99. The minimum absolute atomic E-state index is 0.0263. The summed E-state index contributed by atoms with van der Waals surface area (Å²) in [6, 6.07) is 4.04. The number of rotatable bonds is 2. The van der Waals surface area contributed by atoms with E-state index in [4.69, 9.17) is 16.6 Å². The van der Waals surface area contributed by atoms with Gasteiger partial charge in [0.05, 0.1) is 6.26 Å². The minimum atomic E-state index is -0.0263. The Hall–Kier alpha value is -1.56. The highest BCUT2D eigenvalue weighted by Crippen LogP contribution is 2.44. The van der Waals surface area contributed by atoms with Crippen molar-refractivity contribution in [3.05, 3.63) is 24.2 Å². The molecule has 2 saturated carbocycles. The summed E-state index contributed by atoms with van der Waals surface area (Å²) in [4.78, 5) is 16.3. The molecule has 1 aliphatic heterocycles. The van der Waals surface area contributed by atoms with E-state index in [1.165, 1.54) is 31.9 Å². The number of carbonyl (C=O) groups excluding carboxylic acids is 1. The number of piperazine rings is 1.